The summed E-state index contributed by atoms with van der Waals surface area (Å²) in [5.41, 5.74) is 2.62. The number of hydrogen-bond donors (Lipinski definition) is 1. The summed E-state index contributed by atoms with van der Waals surface area (Å²) in [4.78, 5) is 12.5. The Hall–Kier alpha value is -2.28. The van der Waals surface area contributed by atoms with Gasteiger partial charge in [-0.25, -0.2) is 4.52 Å². The number of nitrogens with zero attached hydrogens (tertiary/aromatic N) is 4. The van der Waals surface area contributed by atoms with Gasteiger partial charge in [0.15, 0.2) is 0 Å². The molecule has 0 aromatic carbocycles. The zero-order chi connectivity index (χ0) is 13.2. The van der Waals surface area contributed by atoms with Crippen molar-refractivity contribution in [1.82, 2.24) is 24.5 Å². The number of amides is 1. The second-order valence-electron chi connectivity index (χ2n) is 4.07. The standard InChI is InChI=1S/C12H11N5OS/c1-8-11(19-16-15-8)12(18)13-6-9-7-14-17-5-3-2-4-10(9)17/h2-5,7H,6H2,1H3,(H,13,18). The van der Waals surface area contributed by atoms with Gasteiger partial charge in [-0.3, -0.25) is 4.79 Å². The number of pyridine rings is 1. The van der Waals surface area contributed by atoms with Crippen molar-refractivity contribution in [2.24, 2.45) is 0 Å². The summed E-state index contributed by atoms with van der Waals surface area (Å²) < 4.78 is 5.53. The highest BCUT2D eigenvalue weighted by molar-refractivity contribution is 7.07. The van der Waals surface area contributed by atoms with Crippen molar-refractivity contribution in [1.29, 1.82) is 0 Å². The van der Waals surface area contributed by atoms with Crippen molar-refractivity contribution in [3.8, 4) is 0 Å². The van der Waals surface area contributed by atoms with Crippen LogP contribution in [0.15, 0.2) is 30.6 Å². The van der Waals surface area contributed by atoms with E-state index in [9.17, 15) is 4.79 Å². The van der Waals surface area contributed by atoms with Crippen LogP contribution in [-0.2, 0) is 6.54 Å². The highest BCUT2D eigenvalue weighted by atomic mass is 32.1. The third-order valence-corrected chi connectivity index (χ3v) is 3.63. The van der Waals surface area contributed by atoms with E-state index in [0.29, 0.717) is 17.1 Å². The van der Waals surface area contributed by atoms with E-state index in [-0.39, 0.29) is 5.91 Å². The molecular weight excluding hydrogens is 262 g/mol. The number of carbonyl (C=O) groups is 1. The summed E-state index contributed by atoms with van der Waals surface area (Å²) in [5, 5.41) is 10.9. The first-order valence-corrected chi connectivity index (χ1v) is 6.51. The maximum atomic E-state index is 11.9. The molecule has 0 aliphatic heterocycles. The SMILES string of the molecule is Cc1nnsc1C(=O)NCc1cnn2ccccc12. The van der Waals surface area contributed by atoms with Gasteiger partial charge < -0.3 is 5.32 Å². The van der Waals surface area contributed by atoms with Gasteiger partial charge in [-0.2, -0.15) is 5.10 Å². The van der Waals surface area contributed by atoms with Crippen LogP contribution in [0.5, 0.6) is 0 Å². The van der Waals surface area contributed by atoms with Gasteiger partial charge in [0.1, 0.15) is 4.88 Å². The molecule has 3 heterocycles. The molecule has 0 aliphatic rings. The summed E-state index contributed by atoms with van der Waals surface area (Å²) in [7, 11) is 0. The average Bonchev–Trinajstić information content (AvgIpc) is 3.02. The van der Waals surface area contributed by atoms with Crippen molar-refractivity contribution >= 4 is 23.0 Å². The number of nitrogens with one attached hydrogen (secondary N) is 1. The van der Waals surface area contributed by atoms with Gasteiger partial charge in [-0.05, 0) is 30.6 Å². The molecule has 1 amide bonds. The first-order chi connectivity index (χ1) is 9.25. The summed E-state index contributed by atoms with van der Waals surface area (Å²) in [6.07, 6.45) is 3.63. The molecule has 3 rings (SSSR count). The summed E-state index contributed by atoms with van der Waals surface area (Å²) in [6, 6.07) is 5.82. The van der Waals surface area contributed by atoms with Crippen LogP contribution >= 0.6 is 11.5 Å². The van der Waals surface area contributed by atoms with E-state index in [1.54, 1.807) is 17.6 Å². The topological polar surface area (TPSA) is 72.2 Å². The highest BCUT2D eigenvalue weighted by Crippen LogP contribution is 2.11. The Morgan fingerprint density at radius 3 is 3.16 bits per heavy atom. The van der Waals surface area contributed by atoms with Crippen LogP contribution in [0.3, 0.4) is 0 Å². The minimum absolute atomic E-state index is 0.150. The molecule has 1 N–H and O–H groups in total. The van der Waals surface area contributed by atoms with Gasteiger partial charge in [0, 0.05) is 18.3 Å². The highest BCUT2D eigenvalue weighted by Gasteiger charge is 2.13. The quantitative estimate of drug-likeness (QED) is 0.783. The van der Waals surface area contributed by atoms with Crippen molar-refractivity contribution < 1.29 is 4.79 Å². The van der Waals surface area contributed by atoms with Crippen molar-refractivity contribution in [2.75, 3.05) is 0 Å². The molecule has 0 spiro atoms. The molecular formula is C12H11N5OS. The number of rotatable bonds is 3. The van der Waals surface area contributed by atoms with Gasteiger partial charge in [0.05, 0.1) is 17.4 Å². The zero-order valence-corrected chi connectivity index (χ0v) is 11.0. The zero-order valence-electron chi connectivity index (χ0n) is 10.2. The molecule has 0 radical (unpaired) electrons. The molecule has 6 nitrogen and oxygen atoms in total. The lowest BCUT2D eigenvalue weighted by Crippen LogP contribution is -2.22. The summed E-state index contributed by atoms with van der Waals surface area (Å²) in [5.74, 6) is -0.150. The minimum atomic E-state index is -0.150. The van der Waals surface area contributed by atoms with E-state index < -0.39 is 0 Å². The Morgan fingerprint density at radius 1 is 1.47 bits per heavy atom. The van der Waals surface area contributed by atoms with Crippen LogP contribution in [-0.4, -0.2) is 25.1 Å². The van der Waals surface area contributed by atoms with Crippen LogP contribution in [0.2, 0.25) is 0 Å². The number of fused-ring (bicyclic) bond motifs is 1. The van der Waals surface area contributed by atoms with Crippen LogP contribution in [0, 0.1) is 6.92 Å². The molecule has 0 unspecified atom stereocenters. The van der Waals surface area contributed by atoms with Gasteiger partial charge in [-0.1, -0.05) is 10.6 Å². The Labute approximate surface area is 113 Å². The van der Waals surface area contributed by atoms with Gasteiger partial charge >= 0.3 is 0 Å². The van der Waals surface area contributed by atoms with E-state index in [1.807, 2.05) is 24.4 Å². The molecule has 3 aromatic rings. The molecule has 19 heavy (non-hydrogen) atoms. The number of aryl methyl sites for hydroxylation is 1. The Bertz CT molecular complexity index is 732. The lowest BCUT2D eigenvalue weighted by atomic mass is 10.2. The number of hydrogen-bond acceptors (Lipinski definition) is 5. The van der Waals surface area contributed by atoms with E-state index in [4.69, 9.17) is 0 Å². The number of carbonyl (C=O) groups excluding carboxylic acids is 1. The number of aromatic nitrogens is 4. The van der Waals surface area contributed by atoms with Crippen molar-refractivity contribution in [3.63, 3.8) is 0 Å². The third-order valence-electron chi connectivity index (χ3n) is 2.80. The molecule has 7 heteroatoms. The van der Waals surface area contributed by atoms with E-state index in [2.05, 4.69) is 20.0 Å². The maximum Gasteiger partial charge on any atom is 0.265 e. The molecule has 0 fully saturated rings. The Morgan fingerprint density at radius 2 is 2.37 bits per heavy atom. The second-order valence-corrected chi connectivity index (χ2v) is 4.82. The van der Waals surface area contributed by atoms with Gasteiger partial charge in [0.25, 0.3) is 5.91 Å². The second kappa shape index (κ2) is 4.77. The predicted molar refractivity (Wildman–Crippen MR) is 71.0 cm³/mol. The molecule has 3 aromatic heterocycles. The lowest BCUT2D eigenvalue weighted by molar-refractivity contribution is 0.0954. The largest absolute Gasteiger partial charge is 0.347 e. The predicted octanol–water partition coefficient (Wildman–Crippen LogP) is 1.42. The van der Waals surface area contributed by atoms with Crippen LogP contribution in [0.25, 0.3) is 5.52 Å². The van der Waals surface area contributed by atoms with Crippen molar-refractivity contribution in [3.05, 3.63) is 46.7 Å². The summed E-state index contributed by atoms with van der Waals surface area (Å²) >= 11 is 1.10. The third kappa shape index (κ3) is 2.19. The fourth-order valence-electron chi connectivity index (χ4n) is 1.82. The van der Waals surface area contributed by atoms with Crippen LogP contribution < -0.4 is 5.32 Å². The van der Waals surface area contributed by atoms with Crippen molar-refractivity contribution in [2.45, 2.75) is 13.5 Å². The average molecular weight is 273 g/mol. The van der Waals surface area contributed by atoms with Crippen LogP contribution in [0.4, 0.5) is 0 Å². The smallest absolute Gasteiger partial charge is 0.265 e. The lowest BCUT2D eigenvalue weighted by Gasteiger charge is -2.02. The van der Waals surface area contributed by atoms with E-state index >= 15 is 0 Å². The Kier molecular flexibility index (Phi) is 2.96. The molecule has 0 saturated carbocycles. The first kappa shape index (κ1) is 11.8. The monoisotopic (exact) mass is 273 g/mol. The van der Waals surface area contributed by atoms with Gasteiger partial charge in [0.2, 0.25) is 0 Å². The van der Waals surface area contributed by atoms with Crippen LogP contribution in [0.1, 0.15) is 20.9 Å². The van der Waals surface area contributed by atoms with E-state index in [0.717, 1.165) is 22.6 Å². The fourth-order valence-corrected chi connectivity index (χ4v) is 2.39. The maximum absolute atomic E-state index is 11.9. The van der Waals surface area contributed by atoms with E-state index in [1.165, 1.54) is 0 Å². The molecule has 0 atom stereocenters. The fraction of sp³-hybridized carbons (Fsp3) is 0.167. The minimum Gasteiger partial charge on any atom is -0.347 e. The van der Waals surface area contributed by atoms with Gasteiger partial charge in [-0.15, -0.1) is 5.10 Å². The summed E-state index contributed by atoms with van der Waals surface area (Å²) in [6.45, 7) is 2.21. The Balaban J connectivity index is 1.76. The first-order valence-electron chi connectivity index (χ1n) is 5.74. The molecule has 0 bridgehead atoms. The molecule has 96 valence electrons. The normalized spacial score (nSPS) is 10.8. The molecule has 0 aliphatic carbocycles. The molecule has 0 saturated heterocycles.